The van der Waals surface area contributed by atoms with E-state index in [4.69, 9.17) is 10.5 Å². The van der Waals surface area contributed by atoms with Crippen molar-refractivity contribution < 1.29 is 13.5 Å². The fourth-order valence-electron chi connectivity index (χ4n) is 1.65. The van der Waals surface area contributed by atoms with Crippen LogP contribution >= 0.6 is 0 Å². The normalized spacial score (nSPS) is 14.6. The number of ether oxygens (including phenoxy) is 1. The van der Waals surface area contributed by atoms with Crippen molar-refractivity contribution in [2.24, 2.45) is 5.73 Å². The van der Waals surface area contributed by atoms with Crippen molar-refractivity contribution >= 4 is 0 Å². The Morgan fingerprint density at radius 1 is 1.29 bits per heavy atom. The van der Waals surface area contributed by atoms with Crippen molar-refractivity contribution in [2.75, 3.05) is 7.11 Å². The van der Waals surface area contributed by atoms with E-state index < -0.39 is 11.6 Å². The van der Waals surface area contributed by atoms with Gasteiger partial charge in [0.05, 0.1) is 6.10 Å². The number of hydrogen-bond acceptors (Lipinski definition) is 2. The van der Waals surface area contributed by atoms with Gasteiger partial charge in [0.25, 0.3) is 0 Å². The Morgan fingerprint density at radius 2 is 2.00 bits per heavy atom. The third-order valence-corrected chi connectivity index (χ3v) is 2.84. The van der Waals surface area contributed by atoms with Gasteiger partial charge in [-0.05, 0) is 49.9 Å². The molecule has 1 rings (SSSR count). The lowest BCUT2D eigenvalue weighted by Crippen LogP contribution is -2.25. The van der Waals surface area contributed by atoms with E-state index in [1.54, 1.807) is 7.11 Å². The summed E-state index contributed by atoms with van der Waals surface area (Å²) < 4.78 is 31.4. The summed E-state index contributed by atoms with van der Waals surface area (Å²) in [5.74, 6) is -0.833. The highest BCUT2D eigenvalue weighted by molar-refractivity contribution is 5.19. The van der Waals surface area contributed by atoms with Crippen LogP contribution in [0.3, 0.4) is 0 Å². The smallest absolute Gasteiger partial charge is 0.126 e. The highest BCUT2D eigenvalue weighted by atomic mass is 19.1. The largest absolute Gasteiger partial charge is 0.382 e. The molecular weight excluding hydrogens is 224 g/mol. The summed E-state index contributed by atoms with van der Waals surface area (Å²) >= 11 is 0. The maximum atomic E-state index is 13.3. The molecular formula is C13H19F2NO. The Labute approximate surface area is 101 Å². The van der Waals surface area contributed by atoms with Gasteiger partial charge in [0.1, 0.15) is 11.6 Å². The molecule has 1 aromatic carbocycles. The van der Waals surface area contributed by atoms with Crippen molar-refractivity contribution in [2.45, 2.75) is 38.3 Å². The van der Waals surface area contributed by atoms with Crippen LogP contribution in [0, 0.1) is 11.6 Å². The maximum absolute atomic E-state index is 13.3. The molecule has 2 nitrogen and oxygen atoms in total. The topological polar surface area (TPSA) is 35.2 Å². The first kappa shape index (κ1) is 14.1. The van der Waals surface area contributed by atoms with Crippen LogP contribution in [0.15, 0.2) is 18.2 Å². The zero-order chi connectivity index (χ0) is 12.8. The Hall–Kier alpha value is -1.00. The van der Waals surface area contributed by atoms with Gasteiger partial charge in [-0.25, -0.2) is 8.78 Å². The predicted octanol–water partition coefficient (Wildman–Crippen LogP) is 2.65. The van der Waals surface area contributed by atoms with Gasteiger partial charge >= 0.3 is 0 Å². The van der Waals surface area contributed by atoms with E-state index in [9.17, 15) is 8.78 Å². The lowest BCUT2D eigenvalue weighted by atomic mass is 10.0. The Balaban J connectivity index is 2.50. The number of benzene rings is 1. The van der Waals surface area contributed by atoms with Gasteiger partial charge in [-0.2, -0.15) is 0 Å². The molecule has 0 aliphatic carbocycles. The fourth-order valence-corrected chi connectivity index (χ4v) is 1.65. The first-order valence-corrected chi connectivity index (χ1v) is 5.75. The molecule has 0 aliphatic heterocycles. The second-order valence-corrected chi connectivity index (χ2v) is 4.32. The van der Waals surface area contributed by atoms with Crippen LogP contribution in [0.4, 0.5) is 8.78 Å². The fraction of sp³-hybridized carbons (Fsp3) is 0.538. The number of rotatable bonds is 6. The van der Waals surface area contributed by atoms with Gasteiger partial charge in [0.2, 0.25) is 0 Å². The Morgan fingerprint density at radius 3 is 2.65 bits per heavy atom. The number of hydrogen-bond donors (Lipinski definition) is 1. The van der Waals surface area contributed by atoms with Crippen LogP contribution in [-0.4, -0.2) is 19.3 Å². The Kier molecular flexibility index (Phi) is 5.51. The quantitative estimate of drug-likeness (QED) is 0.833. The third-order valence-electron chi connectivity index (χ3n) is 2.84. The predicted molar refractivity (Wildman–Crippen MR) is 63.7 cm³/mol. The monoisotopic (exact) mass is 243 g/mol. The summed E-state index contributed by atoms with van der Waals surface area (Å²) in [6, 6.07) is 3.27. The van der Waals surface area contributed by atoms with Crippen LogP contribution in [0.5, 0.6) is 0 Å². The van der Waals surface area contributed by atoms with Crippen molar-refractivity contribution in [3.8, 4) is 0 Å². The second-order valence-electron chi connectivity index (χ2n) is 4.32. The molecule has 0 radical (unpaired) electrons. The summed E-state index contributed by atoms with van der Waals surface area (Å²) in [6.45, 7) is 1.95. The van der Waals surface area contributed by atoms with Gasteiger partial charge in [-0.1, -0.05) is 0 Å². The van der Waals surface area contributed by atoms with Crippen LogP contribution in [-0.2, 0) is 11.2 Å². The summed E-state index contributed by atoms with van der Waals surface area (Å²) in [5.41, 5.74) is 6.22. The molecule has 2 atom stereocenters. The third kappa shape index (κ3) is 4.79. The van der Waals surface area contributed by atoms with Gasteiger partial charge in [-0.15, -0.1) is 0 Å². The summed E-state index contributed by atoms with van der Waals surface area (Å²) in [5, 5.41) is 0. The SMILES string of the molecule is COC(C)CCC(N)Cc1cc(F)ccc1F. The number of nitrogens with two attached hydrogens (primary N) is 1. The summed E-state index contributed by atoms with van der Waals surface area (Å²) in [7, 11) is 1.64. The molecule has 17 heavy (non-hydrogen) atoms. The van der Waals surface area contributed by atoms with E-state index in [-0.39, 0.29) is 12.1 Å². The van der Waals surface area contributed by atoms with Crippen molar-refractivity contribution in [1.29, 1.82) is 0 Å². The van der Waals surface area contributed by atoms with Gasteiger partial charge in [0, 0.05) is 13.2 Å². The molecule has 1 aromatic rings. The average molecular weight is 243 g/mol. The molecule has 0 aliphatic rings. The molecule has 0 amide bonds. The van der Waals surface area contributed by atoms with Crippen LogP contribution < -0.4 is 5.73 Å². The molecule has 0 bridgehead atoms. The molecule has 0 heterocycles. The molecule has 0 fully saturated rings. The molecule has 4 heteroatoms. The second kappa shape index (κ2) is 6.67. The molecule has 2 unspecified atom stereocenters. The maximum Gasteiger partial charge on any atom is 0.126 e. The molecule has 2 N–H and O–H groups in total. The average Bonchev–Trinajstić information content (AvgIpc) is 2.30. The van der Waals surface area contributed by atoms with E-state index in [0.717, 1.165) is 25.0 Å². The summed E-state index contributed by atoms with van der Waals surface area (Å²) in [4.78, 5) is 0. The van der Waals surface area contributed by atoms with Crippen LogP contribution in [0.2, 0.25) is 0 Å². The number of methoxy groups -OCH3 is 1. The molecule has 96 valence electrons. The Bertz CT molecular complexity index is 357. The van der Waals surface area contributed by atoms with E-state index in [0.29, 0.717) is 12.0 Å². The minimum absolute atomic E-state index is 0.137. The molecule has 0 saturated heterocycles. The van der Waals surface area contributed by atoms with Gasteiger partial charge in [0.15, 0.2) is 0 Å². The van der Waals surface area contributed by atoms with E-state index >= 15 is 0 Å². The number of halogens is 2. The van der Waals surface area contributed by atoms with E-state index in [1.807, 2.05) is 6.92 Å². The highest BCUT2D eigenvalue weighted by Gasteiger charge is 2.11. The molecule has 0 spiro atoms. The van der Waals surface area contributed by atoms with Crippen molar-refractivity contribution in [3.63, 3.8) is 0 Å². The summed E-state index contributed by atoms with van der Waals surface area (Å²) in [6.07, 6.45) is 2.03. The van der Waals surface area contributed by atoms with Gasteiger partial charge < -0.3 is 10.5 Å². The lowest BCUT2D eigenvalue weighted by molar-refractivity contribution is 0.107. The zero-order valence-corrected chi connectivity index (χ0v) is 10.2. The van der Waals surface area contributed by atoms with Crippen molar-refractivity contribution in [3.05, 3.63) is 35.4 Å². The highest BCUT2D eigenvalue weighted by Crippen LogP contribution is 2.13. The van der Waals surface area contributed by atoms with Crippen molar-refractivity contribution in [1.82, 2.24) is 0 Å². The minimum Gasteiger partial charge on any atom is -0.382 e. The van der Waals surface area contributed by atoms with Crippen LogP contribution in [0.1, 0.15) is 25.3 Å². The molecule has 0 saturated carbocycles. The van der Waals surface area contributed by atoms with Gasteiger partial charge in [-0.3, -0.25) is 0 Å². The van der Waals surface area contributed by atoms with E-state index in [1.165, 1.54) is 6.07 Å². The zero-order valence-electron chi connectivity index (χ0n) is 10.2. The first-order valence-electron chi connectivity index (χ1n) is 5.75. The molecule has 0 aromatic heterocycles. The first-order chi connectivity index (χ1) is 8.02. The van der Waals surface area contributed by atoms with Crippen LogP contribution in [0.25, 0.3) is 0 Å². The minimum atomic E-state index is -0.432. The standard InChI is InChI=1S/C13H19F2NO/c1-9(17-2)3-5-12(16)8-10-7-11(14)4-6-13(10)15/h4,6-7,9,12H,3,5,8,16H2,1-2H3. The lowest BCUT2D eigenvalue weighted by Gasteiger charge is -2.15. The van der Waals surface area contributed by atoms with E-state index in [2.05, 4.69) is 0 Å².